The molecular formula is C15H21N3O2S. The molecular weight excluding hydrogens is 286 g/mol. The van der Waals surface area contributed by atoms with Gasteiger partial charge in [0, 0.05) is 12.6 Å². The molecule has 21 heavy (non-hydrogen) atoms. The summed E-state index contributed by atoms with van der Waals surface area (Å²) in [5, 5.41) is 8.86. The van der Waals surface area contributed by atoms with Crippen molar-refractivity contribution in [3.8, 4) is 6.07 Å². The maximum absolute atomic E-state index is 12.9. The average Bonchev–Trinajstić information content (AvgIpc) is 2.72. The Bertz CT molecular complexity index is 649. The van der Waals surface area contributed by atoms with Crippen LogP contribution in [0.15, 0.2) is 23.1 Å². The van der Waals surface area contributed by atoms with E-state index in [9.17, 15) is 8.42 Å². The van der Waals surface area contributed by atoms with Crippen molar-refractivity contribution in [2.45, 2.75) is 50.0 Å². The number of nitrogen functional groups attached to an aromatic ring is 1. The zero-order chi connectivity index (χ0) is 15.5. The molecule has 2 N–H and O–H groups in total. The number of hydrogen-bond acceptors (Lipinski definition) is 4. The topological polar surface area (TPSA) is 87.2 Å². The third-order valence-corrected chi connectivity index (χ3v) is 6.05. The summed E-state index contributed by atoms with van der Waals surface area (Å²) in [6.45, 7) is 2.56. The molecule has 0 aliphatic carbocycles. The Hall–Kier alpha value is -1.58. The summed E-state index contributed by atoms with van der Waals surface area (Å²) in [5.74, 6) is 0. The second-order valence-electron chi connectivity index (χ2n) is 5.39. The maximum atomic E-state index is 12.9. The van der Waals surface area contributed by atoms with Gasteiger partial charge in [0.1, 0.15) is 4.90 Å². The predicted octanol–water partition coefficient (Wildman–Crippen LogP) is 2.48. The molecule has 1 unspecified atom stereocenters. The summed E-state index contributed by atoms with van der Waals surface area (Å²) in [6, 6.07) is 6.37. The van der Waals surface area contributed by atoms with E-state index in [0.29, 0.717) is 12.1 Å². The van der Waals surface area contributed by atoms with E-state index >= 15 is 0 Å². The van der Waals surface area contributed by atoms with Crippen molar-refractivity contribution in [3.05, 3.63) is 23.8 Å². The third kappa shape index (κ3) is 3.20. The lowest BCUT2D eigenvalue weighted by Gasteiger charge is -2.28. The van der Waals surface area contributed by atoms with E-state index in [4.69, 9.17) is 11.0 Å². The second kappa shape index (κ2) is 6.46. The Balaban J connectivity index is 2.42. The summed E-state index contributed by atoms with van der Waals surface area (Å²) in [5.41, 5.74) is 6.37. The molecule has 1 fully saturated rings. The molecule has 1 atom stereocenters. The zero-order valence-corrected chi connectivity index (χ0v) is 13.1. The number of nitrogens with two attached hydrogens (primary N) is 1. The molecule has 114 valence electrons. The monoisotopic (exact) mass is 307 g/mol. The highest BCUT2D eigenvalue weighted by molar-refractivity contribution is 7.89. The molecule has 1 aliphatic rings. The molecule has 0 bridgehead atoms. The molecule has 0 spiro atoms. The molecule has 0 amide bonds. The standard InChI is InChI=1S/C15H21N3O2S/c1-2-13-6-4-3-5-9-18(13)21(19,20)15-8-7-12(11-16)10-14(15)17/h7-8,10,13H,2-6,9,17H2,1H3. The van der Waals surface area contributed by atoms with Gasteiger partial charge in [0.25, 0.3) is 0 Å². The quantitative estimate of drug-likeness (QED) is 0.869. The van der Waals surface area contributed by atoms with Gasteiger partial charge in [-0.15, -0.1) is 0 Å². The zero-order valence-electron chi connectivity index (χ0n) is 12.2. The summed E-state index contributed by atoms with van der Waals surface area (Å²) in [4.78, 5) is 0.113. The molecule has 1 heterocycles. The highest BCUT2D eigenvalue weighted by Crippen LogP contribution is 2.29. The molecule has 2 rings (SSSR count). The fourth-order valence-electron chi connectivity index (χ4n) is 2.85. The minimum atomic E-state index is -3.60. The van der Waals surface area contributed by atoms with Gasteiger partial charge in [-0.25, -0.2) is 8.42 Å². The third-order valence-electron chi connectivity index (χ3n) is 4.02. The van der Waals surface area contributed by atoms with Crippen LogP contribution in [0.1, 0.15) is 44.6 Å². The van der Waals surface area contributed by atoms with Gasteiger partial charge in [-0.2, -0.15) is 9.57 Å². The molecule has 0 saturated carbocycles. The number of benzene rings is 1. The van der Waals surface area contributed by atoms with Gasteiger partial charge in [0.05, 0.1) is 17.3 Å². The molecule has 6 heteroatoms. The smallest absolute Gasteiger partial charge is 0.245 e. The summed E-state index contributed by atoms with van der Waals surface area (Å²) in [6.07, 6.45) is 4.70. The van der Waals surface area contributed by atoms with Crippen molar-refractivity contribution in [1.82, 2.24) is 4.31 Å². The molecule has 1 aromatic rings. The van der Waals surface area contributed by atoms with Crippen LogP contribution in [0.2, 0.25) is 0 Å². The Morgan fingerprint density at radius 3 is 2.76 bits per heavy atom. The van der Waals surface area contributed by atoms with Gasteiger partial charge < -0.3 is 5.73 Å². The van der Waals surface area contributed by atoms with E-state index in [-0.39, 0.29) is 16.6 Å². The van der Waals surface area contributed by atoms with Crippen molar-refractivity contribution in [1.29, 1.82) is 5.26 Å². The van der Waals surface area contributed by atoms with Gasteiger partial charge in [0.15, 0.2) is 0 Å². The Kier molecular flexibility index (Phi) is 4.86. The van der Waals surface area contributed by atoms with Gasteiger partial charge in [-0.05, 0) is 37.5 Å². The van der Waals surface area contributed by atoms with E-state index in [0.717, 1.165) is 32.1 Å². The fourth-order valence-corrected chi connectivity index (χ4v) is 4.72. The lowest BCUT2D eigenvalue weighted by Crippen LogP contribution is -2.39. The van der Waals surface area contributed by atoms with Gasteiger partial charge in [-0.1, -0.05) is 19.8 Å². The molecule has 5 nitrogen and oxygen atoms in total. The largest absolute Gasteiger partial charge is 0.398 e. The van der Waals surface area contributed by atoms with Crippen LogP contribution in [-0.2, 0) is 10.0 Å². The van der Waals surface area contributed by atoms with E-state index in [1.165, 1.54) is 18.2 Å². The highest BCUT2D eigenvalue weighted by atomic mass is 32.2. The van der Waals surface area contributed by atoms with Crippen LogP contribution in [0.5, 0.6) is 0 Å². The molecule has 1 saturated heterocycles. The first-order valence-corrected chi connectivity index (χ1v) is 8.76. The van der Waals surface area contributed by atoms with E-state index in [1.807, 2.05) is 13.0 Å². The minimum absolute atomic E-state index is 0.0348. The molecule has 1 aliphatic heterocycles. The van der Waals surface area contributed by atoms with Gasteiger partial charge >= 0.3 is 0 Å². The predicted molar refractivity (Wildman–Crippen MR) is 82.0 cm³/mol. The van der Waals surface area contributed by atoms with Crippen LogP contribution in [0.25, 0.3) is 0 Å². The SMILES string of the molecule is CCC1CCCCCN1S(=O)(=O)c1ccc(C#N)cc1N. The number of nitriles is 1. The summed E-state index contributed by atoms with van der Waals surface area (Å²) < 4.78 is 27.4. The summed E-state index contributed by atoms with van der Waals surface area (Å²) >= 11 is 0. The normalized spacial score (nSPS) is 20.7. The molecule has 1 aromatic carbocycles. The number of nitrogens with zero attached hydrogens (tertiary/aromatic N) is 2. The average molecular weight is 307 g/mol. The molecule has 0 aromatic heterocycles. The van der Waals surface area contributed by atoms with Crippen LogP contribution < -0.4 is 5.73 Å². The fraction of sp³-hybridized carbons (Fsp3) is 0.533. The number of anilines is 1. The number of hydrogen-bond donors (Lipinski definition) is 1. The first kappa shape index (κ1) is 15.8. The Labute approximate surface area is 126 Å². The second-order valence-corrected chi connectivity index (χ2v) is 7.25. The first-order valence-electron chi connectivity index (χ1n) is 7.32. The van der Waals surface area contributed by atoms with Crippen molar-refractivity contribution < 1.29 is 8.42 Å². The number of sulfonamides is 1. The van der Waals surface area contributed by atoms with Crippen LogP contribution >= 0.6 is 0 Å². The van der Waals surface area contributed by atoms with E-state index in [2.05, 4.69) is 0 Å². The van der Waals surface area contributed by atoms with Crippen LogP contribution in [-0.4, -0.2) is 25.3 Å². The lowest BCUT2D eigenvalue weighted by molar-refractivity contribution is 0.315. The highest BCUT2D eigenvalue weighted by Gasteiger charge is 2.32. The van der Waals surface area contributed by atoms with Crippen molar-refractivity contribution in [2.24, 2.45) is 0 Å². The minimum Gasteiger partial charge on any atom is -0.398 e. The Morgan fingerprint density at radius 1 is 1.38 bits per heavy atom. The maximum Gasteiger partial charge on any atom is 0.245 e. The van der Waals surface area contributed by atoms with E-state index in [1.54, 1.807) is 4.31 Å². The van der Waals surface area contributed by atoms with Crippen molar-refractivity contribution in [3.63, 3.8) is 0 Å². The van der Waals surface area contributed by atoms with Crippen LogP contribution in [0.3, 0.4) is 0 Å². The number of rotatable bonds is 3. The van der Waals surface area contributed by atoms with E-state index < -0.39 is 10.0 Å². The van der Waals surface area contributed by atoms with Gasteiger partial charge in [-0.3, -0.25) is 0 Å². The van der Waals surface area contributed by atoms with Crippen LogP contribution in [0.4, 0.5) is 5.69 Å². The summed E-state index contributed by atoms with van der Waals surface area (Å²) in [7, 11) is -3.60. The van der Waals surface area contributed by atoms with Gasteiger partial charge in [0.2, 0.25) is 10.0 Å². The first-order chi connectivity index (χ1) is 10.0. The molecule has 0 radical (unpaired) electrons. The lowest BCUT2D eigenvalue weighted by atomic mass is 10.1. The van der Waals surface area contributed by atoms with Crippen LogP contribution in [0, 0.1) is 11.3 Å². The van der Waals surface area contributed by atoms with Crippen molar-refractivity contribution >= 4 is 15.7 Å². The van der Waals surface area contributed by atoms with Crippen molar-refractivity contribution in [2.75, 3.05) is 12.3 Å². The Morgan fingerprint density at radius 2 is 2.14 bits per heavy atom.